The monoisotopic (exact) mass is 557 g/mol. The van der Waals surface area contributed by atoms with Gasteiger partial charge in [0.1, 0.15) is 11.6 Å². The third kappa shape index (κ3) is 4.09. The lowest BCUT2D eigenvalue weighted by Gasteiger charge is -2.34. The summed E-state index contributed by atoms with van der Waals surface area (Å²) in [4.78, 5) is 42.9. The highest BCUT2D eigenvalue weighted by atomic mass is 79.9. The summed E-state index contributed by atoms with van der Waals surface area (Å²) in [6.07, 6.45) is 10.2. The van der Waals surface area contributed by atoms with Crippen molar-refractivity contribution in [1.29, 1.82) is 0 Å². The molecule has 3 amide bonds. The van der Waals surface area contributed by atoms with Gasteiger partial charge in [0, 0.05) is 29.4 Å². The minimum absolute atomic E-state index is 0.106. The lowest BCUT2D eigenvalue weighted by molar-refractivity contribution is -0.143. The summed E-state index contributed by atoms with van der Waals surface area (Å²) in [5.74, 6) is -2.10. The van der Waals surface area contributed by atoms with Gasteiger partial charge in [0.25, 0.3) is 0 Å². The average Bonchev–Trinajstić information content (AvgIpc) is 3.64. The molecule has 4 aliphatic heterocycles. The Kier molecular flexibility index (Phi) is 6.42. The molecule has 0 radical (unpaired) electrons. The zero-order valence-corrected chi connectivity index (χ0v) is 21.7. The fourth-order valence-corrected chi connectivity index (χ4v) is 7.02. The molecule has 3 saturated heterocycles. The topological polar surface area (TPSA) is 97.0 Å². The Morgan fingerprint density at radius 1 is 1.06 bits per heavy atom. The van der Waals surface area contributed by atoms with Gasteiger partial charge in [-0.3, -0.25) is 14.4 Å². The van der Waals surface area contributed by atoms with E-state index in [2.05, 4.69) is 26.6 Å². The fourth-order valence-electron chi connectivity index (χ4n) is 6.76. The summed E-state index contributed by atoms with van der Waals surface area (Å²) in [6.45, 7) is 1.000. The number of anilines is 1. The number of nitrogens with zero attached hydrogens (tertiary/aromatic N) is 1. The van der Waals surface area contributed by atoms with Crippen molar-refractivity contribution < 1.29 is 23.9 Å². The molecule has 8 nitrogen and oxygen atoms in total. The third-order valence-electron chi connectivity index (χ3n) is 8.41. The first kappa shape index (κ1) is 24.1. The maximum atomic E-state index is 14.0. The van der Waals surface area contributed by atoms with Crippen LogP contribution in [0.25, 0.3) is 0 Å². The van der Waals surface area contributed by atoms with Gasteiger partial charge in [0.15, 0.2) is 0 Å². The Labute approximate surface area is 219 Å². The first-order valence-electron chi connectivity index (χ1n) is 13.1. The number of carbonyl (C=O) groups is 3. The van der Waals surface area contributed by atoms with Crippen LogP contribution >= 0.6 is 15.9 Å². The maximum Gasteiger partial charge on any atom is 0.246 e. The van der Waals surface area contributed by atoms with E-state index in [1.807, 2.05) is 36.4 Å². The molecule has 6 rings (SSSR count). The molecule has 4 heterocycles. The highest BCUT2D eigenvalue weighted by Gasteiger charge is 2.73. The highest BCUT2D eigenvalue weighted by Crippen LogP contribution is 2.55. The van der Waals surface area contributed by atoms with E-state index in [0.29, 0.717) is 18.8 Å². The zero-order valence-electron chi connectivity index (χ0n) is 20.2. The molecule has 1 aromatic rings. The number of rotatable bonds is 6. The lowest BCUT2D eigenvalue weighted by atomic mass is 9.74. The van der Waals surface area contributed by atoms with Gasteiger partial charge in [-0.05, 0) is 49.9 Å². The first-order chi connectivity index (χ1) is 17.5. The largest absolute Gasteiger partial charge is 0.376 e. The number of likely N-dealkylation sites (tertiary alicyclic amines) is 1. The number of hydrogen-bond donors (Lipinski definition) is 2. The Hall–Kier alpha value is -2.23. The number of ether oxygens (including phenoxy) is 2. The van der Waals surface area contributed by atoms with E-state index in [9.17, 15) is 14.4 Å². The summed E-state index contributed by atoms with van der Waals surface area (Å²) >= 11 is 3.41. The molecular formula is C27H32BrN3O5. The average molecular weight is 558 g/mol. The molecule has 1 spiro atoms. The Morgan fingerprint density at radius 3 is 2.56 bits per heavy atom. The van der Waals surface area contributed by atoms with Gasteiger partial charge in [-0.25, -0.2) is 0 Å². The first-order valence-corrected chi connectivity index (χ1v) is 13.9. The van der Waals surface area contributed by atoms with E-state index < -0.39 is 29.6 Å². The molecule has 2 bridgehead atoms. The number of amides is 3. The third-order valence-corrected chi connectivity index (χ3v) is 8.94. The van der Waals surface area contributed by atoms with Gasteiger partial charge >= 0.3 is 0 Å². The van der Waals surface area contributed by atoms with Crippen LogP contribution in [-0.4, -0.2) is 65.7 Å². The van der Waals surface area contributed by atoms with Gasteiger partial charge in [0.2, 0.25) is 17.7 Å². The standard InChI is InChI=1S/C27H32BrN3O5/c28-16-8-10-18(11-9-16)29-24(32)21-20-12-13-27(36-20)22(21)26(34)31(15-19-7-4-14-35-19)23(27)25(33)30-17-5-2-1-3-6-17/h8-13,17,19-23H,1-7,14-15H2,(H,29,32)(H,30,33)/t19?,20-,21?,22-,23?,27?/m1/s1. The van der Waals surface area contributed by atoms with Crippen molar-refractivity contribution >= 4 is 39.3 Å². The number of halogens is 1. The number of carbonyl (C=O) groups excluding carboxylic acids is 3. The van der Waals surface area contributed by atoms with E-state index >= 15 is 0 Å². The molecule has 1 saturated carbocycles. The Bertz CT molecular complexity index is 1070. The molecule has 0 aromatic heterocycles. The number of nitrogens with one attached hydrogen (secondary N) is 2. The molecule has 4 unspecified atom stereocenters. The van der Waals surface area contributed by atoms with Crippen LogP contribution in [0.1, 0.15) is 44.9 Å². The van der Waals surface area contributed by atoms with Crippen LogP contribution in [0, 0.1) is 11.8 Å². The second-order valence-electron chi connectivity index (χ2n) is 10.7. The SMILES string of the molecule is O=C(Nc1ccc(Br)cc1)C1[C@H]2C=CC3(O2)C(C(=O)NC2CCCCC2)N(CC2CCCO2)C(=O)[C@@H]13. The van der Waals surface area contributed by atoms with Crippen LogP contribution in [0.5, 0.6) is 0 Å². The summed E-state index contributed by atoms with van der Waals surface area (Å²) in [5, 5.41) is 6.18. The van der Waals surface area contributed by atoms with E-state index in [4.69, 9.17) is 9.47 Å². The van der Waals surface area contributed by atoms with Crippen LogP contribution < -0.4 is 10.6 Å². The van der Waals surface area contributed by atoms with Crippen molar-refractivity contribution in [3.8, 4) is 0 Å². The van der Waals surface area contributed by atoms with Crippen molar-refractivity contribution in [2.45, 2.75) is 74.8 Å². The molecule has 1 aromatic carbocycles. The Morgan fingerprint density at radius 2 is 1.83 bits per heavy atom. The van der Waals surface area contributed by atoms with Crippen LogP contribution in [-0.2, 0) is 23.9 Å². The normalized spacial score (nSPS) is 35.3. The lowest BCUT2D eigenvalue weighted by Crippen LogP contribution is -2.57. The second kappa shape index (κ2) is 9.58. The molecule has 36 heavy (non-hydrogen) atoms. The van der Waals surface area contributed by atoms with Crippen molar-refractivity contribution in [3.63, 3.8) is 0 Å². The summed E-state index contributed by atoms with van der Waals surface area (Å²) in [7, 11) is 0. The van der Waals surface area contributed by atoms with E-state index in [0.717, 1.165) is 43.0 Å². The molecular weight excluding hydrogens is 526 g/mol. The summed E-state index contributed by atoms with van der Waals surface area (Å²) in [5.41, 5.74) is -0.488. The molecule has 192 valence electrons. The Balaban J connectivity index is 1.29. The van der Waals surface area contributed by atoms with Gasteiger partial charge in [-0.2, -0.15) is 0 Å². The van der Waals surface area contributed by atoms with E-state index in [-0.39, 0.29) is 29.9 Å². The van der Waals surface area contributed by atoms with Gasteiger partial charge < -0.3 is 25.0 Å². The van der Waals surface area contributed by atoms with E-state index in [1.165, 1.54) is 6.42 Å². The summed E-state index contributed by atoms with van der Waals surface area (Å²) in [6, 6.07) is 6.62. The van der Waals surface area contributed by atoms with Crippen molar-refractivity contribution in [3.05, 3.63) is 40.9 Å². The smallest absolute Gasteiger partial charge is 0.246 e. The highest BCUT2D eigenvalue weighted by molar-refractivity contribution is 9.10. The minimum atomic E-state index is -1.14. The van der Waals surface area contributed by atoms with E-state index in [1.54, 1.807) is 4.90 Å². The van der Waals surface area contributed by atoms with Crippen molar-refractivity contribution in [1.82, 2.24) is 10.2 Å². The predicted molar refractivity (Wildman–Crippen MR) is 136 cm³/mol. The minimum Gasteiger partial charge on any atom is -0.376 e. The predicted octanol–water partition coefficient (Wildman–Crippen LogP) is 3.17. The quantitative estimate of drug-likeness (QED) is 0.523. The number of fused-ring (bicyclic) bond motifs is 1. The van der Waals surface area contributed by atoms with Crippen LogP contribution in [0.4, 0.5) is 5.69 Å². The molecule has 1 aliphatic carbocycles. The van der Waals surface area contributed by atoms with Gasteiger partial charge in [-0.15, -0.1) is 0 Å². The van der Waals surface area contributed by atoms with Crippen LogP contribution in [0.15, 0.2) is 40.9 Å². The van der Waals surface area contributed by atoms with Crippen molar-refractivity contribution in [2.75, 3.05) is 18.5 Å². The van der Waals surface area contributed by atoms with Crippen LogP contribution in [0.2, 0.25) is 0 Å². The van der Waals surface area contributed by atoms with Crippen molar-refractivity contribution in [2.24, 2.45) is 11.8 Å². The number of benzene rings is 1. The van der Waals surface area contributed by atoms with Gasteiger partial charge in [0.05, 0.1) is 24.0 Å². The summed E-state index contributed by atoms with van der Waals surface area (Å²) < 4.78 is 13.2. The second-order valence-corrected chi connectivity index (χ2v) is 11.6. The molecule has 5 aliphatic rings. The number of hydrogen-bond acceptors (Lipinski definition) is 5. The molecule has 9 heteroatoms. The molecule has 4 fully saturated rings. The zero-order chi connectivity index (χ0) is 24.9. The fraction of sp³-hybridized carbons (Fsp3) is 0.593. The maximum absolute atomic E-state index is 14.0. The molecule has 2 N–H and O–H groups in total. The molecule has 6 atom stereocenters. The van der Waals surface area contributed by atoms with Gasteiger partial charge in [-0.1, -0.05) is 47.3 Å². The van der Waals surface area contributed by atoms with Crippen LogP contribution in [0.3, 0.4) is 0 Å².